The molecule has 3 amide bonds. The Hall–Kier alpha value is -4.47. The van der Waals surface area contributed by atoms with Crippen molar-refractivity contribution in [3.8, 4) is 11.5 Å². The molecule has 0 aromatic carbocycles. The predicted molar refractivity (Wildman–Crippen MR) is 213 cm³/mol. The first-order valence-corrected chi connectivity index (χ1v) is 17.8. The van der Waals surface area contributed by atoms with E-state index in [1.807, 2.05) is 32.9 Å². The topological polar surface area (TPSA) is 152 Å². The first-order valence-electron chi connectivity index (χ1n) is 17.1. The maximum atomic E-state index is 13.1. The summed E-state index contributed by atoms with van der Waals surface area (Å²) < 4.78 is 17.1. The summed E-state index contributed by atoms with van der Waals surface area (Å²) in [6.45, 7) is 9.02. The number of nitrogens with one attached hydrogen (secondary N) is 1. The van der Waals surface area contributed by atoms with Gasteiger partial charge in [-0.2, -0.15) is 0 Å². The van der Waals surface area contributed by atoms with E-state index in [9.17, 15) is 14.4 Å². The minimum Gasteiger partial charge on any atom is -0.490 e. The van der Waals surface area contributed by atoms with Gasteiger partial charge in [-0.25, -0.2) is 14.8 Å². The lowest BCUT2D eigenvalue weighted by atomic mass is 10.1. The lowest BCUT2D eigenvalue weighted by molar-refractivity contribution is -0.00109. The Morgan fingerprint density at radius 3 is 1.76 bits per heavy atom. The van der Waals surface area contributed by atoms with Gasteiger partial charge in [-0.05, 0) is 69.3 Å². The average Bonchev–Trinajstić information content (AvgIpc) is 3.16. The van der Waals surface area contributed by atoms with Gasteiger partial charge in [0.2, 0.25) is 0 Å². The molecule has 0 radical (unpaired) electrons. The van der Waals surface area contributed by atoms with Gasteiger partial charge >= 0.3 is 6.09 Å². The van der Waals surface area contributed by atoms with Gasteiger partial charge in [0.05, 0.1) is 24.5 Å². The second-order valence-electron chi connectivity index (χ2n) is 13.1. The summed E-state index contributed by atoms with van der Waals surface area (Å²) in [6.07, 6.45) is 6.18. The number of hydrogen-bond acceptors (Lipinski definition) is 11. The molecule has 6 heterocycles. The number of halogens is 4. The summed E-state index contributed by atoms with van der Waals surface area (Å²) in [4.78, 5) is 59.6. The zero-order valence-corrected chi connectivity index (χ0v) is 33.7. The Kier molecular flexibility index (Phi) is 17.6. The van der Waals surface area contributed by atoms with Gasteiger partial charge in [-0.1, -0.05) is 35.3 Å². The highest BCUT2D eigenvalue weighted by molar-refractivity contribution is 6.29. The molecule has 55 heavy (non-hydrogen) atoms. The van der Waals surface area contributed by atoms with Crippen LogP contribution in [-0.2, 0) is 4.74 Å². The minimum atomic E-state index is -0.601. The molecule has 0 spiro atoms. The number of carbonyl (C=O) groups excluding carboxylic acids is 3. The molecular weight excluding hydrogens is 794 g/mol. The van der Waals surface area contributed by atoms with Crippen LogP contribution in [0.3, 0.4) is 0 Å². The molecule has 2 aliphatic rings. The predicted octanol–water partition coefficient (Wildman–Crippen LogP) is 5.74. The van der Waals surface area contributed by atoms with Crippen LogP contribution < -0.4 is 14.8 Å². The quantitative estimate of drug-likeness (QED) is 0.217. The summed E-state index contributed by atoms with van der Waals surface area (Å²) in [6, 6.07) is 16.7. The van der Waals surface area contributed by atoms with Crippen LogP contribution >= 0.6 is 48.0 Å². The third kappa shape index (κ3) is 13.7. The minimum absolute atomic E-state index is 0. The first kappa shape index (κ1) is 44.9. The number of rotatable bonds is 8. The van der Waals surface area contributed by atoms with E-state index in [1.54, 1.807) is 88.0 Å². The number of pyridine rings is 4. The van der Waals surface area contributed by atoms with Crippen LogP contribution in [0.2, 0.25) is 10.3 Å². The van der Waals surface area contributed by atoms with Crippen LogP contribution in [0.25, 0.3) is 0 Å². The highest BCUT2D eigenvalue weighted by Gasteiger charge is 2.36. The Bertz CT molecular complexity index is 1830. The van der Waals surface area contributed by atoms with E-state index < -0.39 is 11.7 Å². The number of carbonyl (C=O) groups is 3. The molecule has 14 nitrogen and oxygen atoms in total. The summed E-state index contributed by atoms with van der Waals surface area (Å²) in [5.41, 5.74) is 0.00145. The average molecular weight is 839 g/mol. The van der Waals surface area contributed by atoms with Crippen molar-refractivity contribution in [2.45, 2.75) is 38.5 Å². The summed E-state index contributed by atoms with van der Waals surface area (Å²) in [7, 11) is 0. The van der Waals surface area contributed by atoms with E-state index in [0.29, 0.717) is 55.1 Å². The molecule has 296 valence electrons. The fraction of sp³-hybridized carbons (Fsp3) is 0.378. The maximum absolute atomic E-state index is 13.1. The molecule has 4 aromatic rings. The molecule has 6 rings (SSSR count). The van der Waals surface area contributed by atoms with Crippen LogP contribution in [0.15, 0.2) is 85.5 Å². The maximum Gasteiger partial charge on any atom is 0.410 e. The van der Waals surface area contributed by atoms with Crippen molar-refractivity contribution >= 4 is 65.9 Å². The third-order valence-electron chi connectivity index (χ3n) is 8.03. The van der Waals surface area contributed by atoms with E-state index >= 15 is 0 Å². The molecule has 0 saturated carbocycles. The molecule has 2 unspecified atom stereocenters. The van der Waals surface area contributed by atoms with Crippen LogP contribution in [-0.4, -0.2) is 123 Å². The van der Waals surface area contributed by atoms with Crippen LogP contribution in [0, 0.1) is 0 Å². The largest absolute Gasteiger partial charge is 0.490 e. The van der Waals surface area contributed by atoms with E-state index in [0.717, 1.165) is 6.54 Å². The van der Waals surface area contributed by atoms with E-state index in [-0.39, 0.29) is 72.7 Å². The Labute approximate surface area is 342 Å². The zero-order chi connectivity index (χ0) is 37.8. The third-order valence-corrected chi connectivity index (χ3v) is 8.45. The lowest BCUT2D eigenvalue weighted by Crippen LogP contribution is -2.59. The summed E-state index contributed by atoms with van der Waals surface area (Å²) in [5, 5.41) is 3.84. The summed E-state index contributed by atoms with van der Waals surface area (Å²) in [5.74, 6) is 0.876. The smallest absolute Gasteiger partial charge is 0.410 e. The van der Waals surface area contributed by atoms with E-state index in [4.69, 9.17) is 37.4 Å². The van der Waals surface area contributed by atoms with Crippen molar-refractivity contribution in [1.29, 1.82) is 0 Å². The molecule has 1 N–H and O–H groups in total. The molecule has 4 aromatic heterocycles. The summed E-state index contributed by atoms with van der Waals surface area (Å²) >= 11 is 11.8. The highest BCUT2D eigenvalue weighted by Crippen LogP contribution is 2.20. The van der Waals surface area contributed by atoms with Crippen LogP contribution in [0.1, 0.15) is 41.7 Å². The van der Waals surface area contributed by atoms with Crippen LogP contribution in [0.5, 0.6) is 11.5 Å². The van der Waals surface area contributed by atoms with E-state index in [1.165, 1.54) is 0 Å². The molecule has 2 atom stereocenters. The van der Waals surface area contributed by atoms with Crippen molar-refractivity contribution < 1.29 is 28.6 Å². The number of aromatic nitrogens is 4. The van der Waals surface area contributed by atoms with Crippen LogP contribution in [0.4, 0.5) is 4.79 Å². The molecule has 0 bridgehead atoms. The Balaban J connectivity index is 0.000000294. The van der Waals surface area contributed by atoms with Crippen molar-refractivity contribution in [2.75, 3.05) is 52.5 Å². The molecule has 2 saturated heterocycles. The number of ether oxygens (including phenoxy) is 3. The number of hydrogen-bond donors (Lipinski definition) is 1. The van der Waals surface area contributed by atoms with Crippen molar-refractivity contribution in [1.82, 2.24) is 40.0 Å². The van der Waals surface area contributed by atoms with Gasteiger partial charge < -0.3 is 34.2 Å². The van der Waals surface area contributed by atoms with Gasteiger partial charge in [-0.3, -0.25) is 19.6 Å². The second kappa shape index (κ2) is 21.6. The Morgan fingerprint density at radius 2 is 1.27 bits per heavy atom. The van der Waals surface area contributed by atoms with Gasteiger partial charge in [0, 0.05) is 51.7 Å². The second-order valence-corrected chi connectivity index (χ2v) is 13.9. The zero-order valence-electron chi connectivity index (χ0n) is 30.5. The molecule has 18 heteroatoms. The molecule has 2 fully saturated rings. The van der Waals surface area contributed by atoms with Crippen molar-refractivity contribution in [2.24, 2.45) is 0 Å². The molecule has 2 aliphatic heterocycles. The fourth-order valence-corrected chi connectivity index (χ4v) is 5.86. The van der Waals surface area contributed by atoms with Gasteiger partial charge in [0.1, 0.15) is 52.0 Å². The standard InChI is InChI=1S/C21H25ClN4O4.C16H17ClN4O2.2ClH/c1-21(2,3)30-20(28)25-10-11-26(19(27)17-7-4-8-18(22)24-17)15(13-25)14-29-16-6-5-9-23-12-16;17-15-5-1-4-14(20-15)16(22)21-8-7-19-9-12(21)11-23-13-3-2-6-18-10-13;;/h4-9,12,15H,10-11,13-14H2,1-3H3;1-6,10,12,19H,7-9,11H2;2*1H. The highest BCUT2D eigenvalue weighted by atomic mass is 35.5. The lowest BCUT2D eigenvalue weighted by Gasteiger charge is -2.41. The van der Waals surface area contributed by atoms with Crippen molar-refractivity contribution in [3.63, 3.8) is 0 Å². The SMILES string of the molecule is CC(C)(C)OC(=O)N1CCN(C(=O)c2cccc(Cl)n2)C(COc2cccnc2)C1.Cl.Cl.O=C(c1cccc(Cl)n1)N1CCNCC1COc1cccnc1. The number of nitrogens with zero attached hydrogens (tertiary/aromatic N) is 7. The number of amides is 3. The normalized spacial score (nSPS) is 16.6. The van der Waals surface area contributed by atoms with Gasteiger partial charge in [0.25, 0.3) is 11.8 Å². The molecule has 0 aliphatic carbocycles. The Morgan fingerprint density at radius 1 is 0.745 bits per heavy atom. The fourth-order valence-electron chi connectivity index (χ4n) is 5.53. The van der Waals surface area contributed by atoms with E-state index in [2.05, 4.69) is 25.3 Å². The van der Waals surface area contributed by atoms with Gasteiger partial charge in [0.15, 0.2) is 0 Å². The van der Waals surface area contributed by atoms with Gasteiger partial charge in [-0.15, -0.1) is 24.8 Å². The molecular formula is C37H44Cl4N8O6. The van der Waals surface area contributed by atoms with Crippen molar-refractivity contribution in [3.05, 3.63) is 107 Å². The monoisotopic (exact) mass is 836 g/mol. The number of piperazine rings is 2. The first-order chi connectivity index (χ1) is 25.5.